The SMILES string of the molecule is CC(C)(C)OC(=O)N1CC2CCC1CC21CNC(=O)C1. The molecule has 0 aromatic carbocycles. The van der Waals surface area contributed by atoms with Crippen LogP contribution >= 0.6 is 0 Å². The summed E-state index contributed by atoms with van der Waals surface area (Å²) in [6.45, 7) is 7.22. The molecule has 3 aliphatic heterocycles. The molecular formula is C15H24N2O3. The molecule has 1 saturated carbocycles. The number of piperidine rings is 2. The third-order valence-corrected chi connectivity index (χ3v) is 4.99. The highest BCUT2D eigenvalue weighted by Crippen LogP contribution is 2.51. The zero-order valence-corrected chi connectivity index (χ0v) is 12.6. The van der Waals surface area contributed by atoms with E-state index >= 15 is 0 Å². The van der Waals surface area contributed by atoms with Crippen molar-refractivity contribution in [3.63, 3.8) is 0 Å². The van der Waals surface area contributed by atoms with Crippen LogP contribution in [0.15, 0.2) is 0 Å². The molecule has 3 atom stereocenters. The molecule has 20 heavy (non-hydrogen) atoms. The Hall–Kier alpha value is -1.26. The van der Waals surface area contributed by atoms with E-state index in [0.29, 0.717) is 12.3 Å². The third kappa shape index (κ3) is 2.27. The lowest BCUT2D eigenvalue weighted by Gasteiger charge is -2.54. The third-order valence-electron chi connectivity index (χ3n) is 4.99. The van der Waals surface area contributed by atoms with Crippen molar-refractivity contribution in [1.29, 1.82) is 0 Å². The predicted molar refractivity (Wildman–Crippen MR) is 74.1 cm³/mol. The molecule has 4 aliphatic rings. The van der Waals surface area contributed by atoms with Crippen molar-refractivity contribution in [3.05, 3.63) is 0 Å². The second kappa shape index (κ2) is 4.37. The minimum atomic E-state index is -0.448. The summed E-state index contributed by atoms with van der Waals surface area (Å²) in [4.78, 5) is 25.8. The van der Waals surface area contributed by atoms with Crippen molar-refractivity contribution in [2.75, 3.05) is 13.1 Å². The molecule has 1 N–H and O–H groups in total. The van der Waals surface area contributed by atoms with Crippen molar-refractivity contribution >= 4 is 12.0 Å². The van der Waals surface area contributed by atoms with E-state index in [0.717, 1.165) is 32.4 Å². The number of nitrogens with zero attached hydrogens (tertiary/aromatic N) is 1. The molecule has 2 bridgehead atoms. The van der Waals surface area contributed by atoms with Crippen LogP contribution in [0.2, 0.25) is 0 Å². The van der Waals surface area contributed by atoms with Gasteiger partial charge in [-0.2, -0.15) is 0 Å². The molecule has 3 saturated heterocycles. The molecule has 112 valence electrons. The monoisotopic (exact) mass is 280 g/mol. The molecule has 5 heteroatoms. The van der Waals surface area contributed by atoms with E-state index in [1.807, 2.05) is 25.7 Å². The maximum Gasteiger partial charge on any atom is 0.410 e. The van der Waals surface area contributed by atoms with Crippen LogP contribution < -0.4 is 5.32 Å². The smallest absolute Gasteiger partial charge is 0.410 e. The van der Waals surface area contributed by atoms with Gasteiger partial charge in [-0.15, -0.1) is 0 Å². The lowest BCUT2D eigenvalue weighted by atomic mass is 9.61. The van der Waals surface area contributed by atoms with Crippen LogP contribution in [-0.4, -0.2) is 41.6 Å². The largest absolute Gasteiger partial charge is 0.444 e. The Morgan fingerprint density at radius 2 is 2.15 bits per heavy atom. The first-order valence-corrected chi connectivity index (χ1v) is 7.55. The van der Waals surface area contributed by atoms with Crippen molar-refractivity contribution in [2.45, 2.75) is 58.1 Å². The number of hydrogen-bond donors (Lipinski definition) is 1. The summed E-state index contributed by atoms with van der Waals surface area (Å²) in [5.74, 6) is 0.598. The van der Waals surface area contributed by atoms with E-state index in [1.165, 1.54) is 0 Å². The van der Waals surface area contributed by atoms with Crippen LogP contribution in [0.3, 0.4) is 0 Å². The van der Waals surface area contributed by atoms with Crippen LogP contribution in [-0.2, 0) is 9.53 Å². The molecule has 4 rings (SSSR count). The van der Waals surface area contributed by atoms with Crippen molar-refractivity contribution in [2.24, 2.45) is 11.3 Å². The molecule has 0 aromatic rings. The summed E-state index contributed by atoms with van der Waals surface area (Å²) in [5.41, 5.74) is -0.352. The predicted octanol–water partition coefficient (Wildman–Crippen LogP) is 1.91. The highest BCUT2D eigenvalue weighted by molar-refractivity contribution is 5.79. The first-order chi connectivity index (χ1) is 9.29. The number of nitrogens with one attached hydrogen (secondary N) is 1. The molecule has 1 aliphatic carbocycles. The quantitative estimate of drug-likeness (QED) is 0.737. The Bertz CT molecular complexity index is 443. The number of ether oxygens (including phenoxy) is 1. The zero-order valence-electron chi connectivity index (χ0n) is 12.6. The molecule has 3 heterocycles. The second-order valence-electron chi connectivity index (χ2n) is 7.58. The van der Waals surface area contributed by atoms with E-state index in [1.54, 1.807) is 0 Å². The minimum Gasteiger partial charge on any atom is -0.444 e. The Balaban J connectivity index is 1.72. The zero-order chi connectivity index (χ0) is 14.5. The normalized spacial score (nSPS) is 36.4. The maximum absolute atomic E-state index is 12.3. The van der Waals surface area contributed by atoms with Gasteiger partial charge in [0, 0.05) is 31.0 Å². The first-order valence-electron chi connectivity index (χ1n) is 7.55. The Kier molecular flexibility index (Phi) is 2.99. The van der Waals surface area contributed by atoms with Gasteiger partial charge in [0.05, 0.1) is 0 Å². The van der Waals surface area contributed by atoms with Crippen LogP contribution in [0.5, 0.6) is 0 Å². The lowest BCUT2D eigenvalue weighted by molar-refractivity contribution is -0.121. The number of carbonyl (C=O) groups excluding carboxylic acids is 2. The van der Waals surface area contributed by atoms with Crippen LogP contribution in [0.4, 0.5) is 4.79 Å². The summed E-state index contributed by atoms with van der Waals surface area (Å²) in [5, 5.41) is 2.97. The number of rotatable bonds is 0. The fourth-order valence-corrected chi connectivity index (χ4v) is 4.07. The highest BCUT2D eigenvalue weighted by Gasteiger charge is 2.54. The van der Waals surface area contributed by atoms with E-state index in [-0.39, 0.29) is 23.5 Å². The van der Waals surface area contributed by atoms with Gasteiger partial charge in [-0.05, 0) is 46.0 Å². The Morgan fingerprint density at radius 1 is 1.40 bits per heavy atom. The summed E-state index contributed by atoms with van der Waals surface area (Å²) in [7, 11) is 0. The van der Waals surface area contributed by atoms with E-state index in [4.69, 9.17) is 4.74 Å². The summed E-state index contributed by atoms with van der Waals surface area (Å²) in [6, 6.07) is 0.238. The molecule has 5 nitrogen and oxygen atoms in total. The van der Waals surface area contributed by atoms with Gasteiger partial charge in [0.25, 0.3) is 0 Å². The standard InChI is InChI=1S/C15H24N2O3/c1-14(2,3)20-13(19)17-8-10-4-5-11(17)6-15(10)7-12(18)16-9-15/h10-11H,4-9H2,1-3H3,(H,16,18). The Morgan fingerprint density at radius 3 is 2.65 bits per heavy atom. The summed E-state index contributed by atoms with van der Waals surface area (Å²) in [6.07, 6.45) is 3.55. The topological polar surface area (TPSA) is 58.6 Å². The Labute approximate surface area is 120 Å². The number of amides is 2. The van der Waals surface area contributed by atoms with Crippen LogP contribution in [0.25, 0.3) is 0 Å². The number of hydrogen-bond acceptors (Lipinski definition) is 3. The van der Waals surface area contributed by atoms with Gasteiger partial charge in [0.1, 0.15) is 5.60 Å². The van der Waals surface area contributed by atoms with Gasteiger partial charge in [-0.3, -0.25) is 4.79 Å². The van der Waals surface area contributed by atoms with Gasteiger partial charge in [-0.25, -0.2) is 4.79 Å². The number of fused-ring (bicyclic) bond motifs is 2. The van der Waals surface area contributed by atoms with Crippen molar-refractivity contribution < 1.29 is 14.3 Å². The molecule has 1 spiro atoms. The summed E-state index contributed by atoms with van der Waals surface area (Å²) >= 11 is 0. The van der Waals surface area contributed by atoms with Gasteiger partial charge < -0.3 is 15.0 Å². The molecule has 4 fully saturated rings. The second-order valence-corrected chi connectivity index (χ2v) is 7.58. The minimum absolute atomic E-state index is 0.0957. The van der Waals surface area contributed by atoms with Crippen LogP contribution in [0, 0.1) is 11.3 Å². The molecule has 3 unspecified atom stereocenters. The summed E-state index contributed by atoms with van der Waals surface area (Å²) < 4.78 is 5.51. The molecule has 0 aromatic heterocycles. The van der Waals surface area contributed by atoms with E-state index in [2.05, 4.69) is 5.32 Å². The first kappa shape index (κ1) is 13.7. The maximum atomic E-state index is 12.3. The molecular weight excluding hydrogens is 256 g/mol. The fourth-order valence-electron chi connectivity index (χ4n) is 4.07. The van der Waals surface area contributed by atoms with Gasteiger partial charge >= 0.3 is 6.09 Å². The molecule has 2 amide bonds. The van der Waals surface area contributed by atoms with Gasteiger partial charge in [0.15, 0.2) is 0 Å². The van der Waals surface area contributed by atoms with Crippen molar-refractivity contribution in [1.82, 2.24) is 10.2 Å². The lowest BCUT2D eigenvalue weighted by Crippen LogP contribution is -2.59. The van der Waals surface area contributed by atoms with Crippen LogP contribution in [0.1, 0.15) is 46.5 Å². The number of carbonyl (C=O) groups is 2. The van der Waals surface area contributed by atoms with E-state index < -0.39 is 5.60 Å². The highest BCUT2D eigenvalue weighted by atomic mass is 16.6. The van der Waals surface area contributed by atoms with Gasteiger partial charge in [-0.1, -0.05) is 0 Å². The fraction of sp³-hybridized carbons (Fsp3) is 0.867. The van der Waals surface area contributed by atoms with Gasteiger partial charge in [0.2, 0.25) is 5.91 Å². The average Bonchev–Trinajstić information content (AvgIpc) is 2.69. The van der Waals surface area contributed by atoms with E-state index in [9.17, 15) is 9.59 Å². The van der Waals surface area contributed by atoms with Crippen molar-refractivity contribution in [3.8, 4) is 0 Å². The molecule has 0 radical (unpaired) electrons. The average molecular weight is 280 g/mol.